The molecule has 0 N–H and O–H groups in total. The SMILES string of the molecule is CC(C)(C)C1=CC[C-]=C1.[Zr+2]=[C](c1ccccc1)c1ccccc1.c1ccc2c(c1)[cH-]c1ccccc12. The van der Waals surface area contributed by atoms with E-state index in [1.807, 2.05) is 0 Å². The first-order chi connectivity index (χ1) is 17.4. The molecule has 0 atom stereocenters. The van der Waals surface area contributed by atoms with Crippen LogP contribution in [0.3, 0.4) is 0 Å². The van der Waals surface area contributed by atoms with Gasteiger partial charge in [0.1, 0.15) is 0 Å². The molecule has 1 aliphatic carbocycles. The summed E-state index contributed by atoms with van der Waals surface area (Å²) in [6, 6.07) is 40.4. The summed E-state index contributed by atoms with van der Waals surface area (Å²) in [5.74, 6) is 0. The summed E-state index contributed by atoms with van der Waals surface area (Å²) in [5, 5.41) is 5.39. The van der Waals surface area contributed by atoms with Crippen molar-refractivity contribution in [2.75, 3.05) is 0 Å². The van der Waals surface area contributed by atoms with E-state index in [-0.39, 0.29) is 0 Å². The number of hydrogen-bond acceptors (Lipinski definition) is 0. The van der Waals surface area contributed by atoms with Crippen molar-refractivity contribution in [2.45, 2.75) is 27.2 Å². The Kier molecular flexibility index (Phi) is 8.90. The quantitative estimate of drug-likeness (QED) is 0.195. The van der Waals surface area contributed by atoms with Crippen molar-refractivity contribution in [3.63, 3.8) is 0 Å². The van der Waals surface area contributed by atoms with Crippen LogP contribution in [0.5, 0.6) is 0 Å². The molecule has 176 valence electrons. The first-order valence-electron chi connectivity index (χ1n) is 12.4. The summed E-state index contributed by atoms with van der Waals surface area (Å²) in [6.45, 7) is 6.67. The summed E-state index contributed by atoms with van der Waals surface area (Å²) >= 11 is 1.46. The second-order valence-corrected chi connectivity index (χ2v) is 11.1. The van der Waals surface area contributed by atoms with Crippen LogP contribution in [0, 0.1) is 11.5 Å². The predicted molar refractivity (Wildman–Crippen MR) is 153 cm³/mol. The van der Waals surface area contributed by atoms with Gasteiger partial charge >= 0.3 is 99.2 Å². The van der Waals surface area contributed by atoms with Crippen molar-refractivity contribution in [3.8, 4) is 0 Å². The Morgan fingerprint density at radius 1 is 0.667 bits per heavy atom. The molecule has 0 radical (unpaired) electrons. The molecule has 5 aromatic carbocycles. The van der Waals surface area contributed by atoms with Crippen LogP contribution in [-0.2, 0) is 24.2 Å². The van der Waals surface area contributed by atoms with Gasteiger partial charge in [-0.1, -0.05) is 62.6 Å². The van der Waals surface area contributed by atoms with Gasteiger partial charge < -0.3 is 0 Å². The molecule has 0 amide bonds. The molecule has 6 rings (SSSR count). The third-order valence-electron chi connectivity index (χ3n) is 6.21. The van der Waals surface area contributed by atoms with Crippen LogP contribution in [0.25, 0.3) is 21.5 Å². The zero-order valence-corrected chi connectivity index (χ0v) is 23.8. The van der Waals surface area contributed by atoms with Crippen molar-refractivity contribution in [1.82, 2.24) is 0 Å². The van der Waals surface area contributed by atoms with Gasteiger partial charge in [-0.25, -0.2) is 6.08 Å². The van der Waals surface area contributed by atoms with Crippen LogP contribution >= 0.6 is 0 Å². The minimum atomic E-state index is 0.323. The summed E-state index contributed by atoms with van der Waals surface area (Å²) in [5.41, 5.74) is 4.40. The molecule has 36 heavy (non-hydrogen) atoms. The van der Waals surface area contributed by atoms with E-state index in [0.29, 0.717) is 5.41 Å². The molecule has 0 saturated heterocycles. The van der Waals surface area contributed by atoms with Crippen molar-refractivity contribution >= 4 is 24.8 Å². The van der Waals surface area contributed by atoms with E-state index < -0.39 is 0 Å². The number of hydrogen-bond donors (Lipinski definition) is 0. The minimum Gasteiger partial charge on any atom is -0.126 e. The zero-order chi connectivity index (χ0) is 25.4. The maximum absolute atomic E-state index is 3.16. The van der Waals surface area contributed by atoms with Crippen LogP contribution in [0.2, 0.25) is 0 Å². The van der Waals surface area contributed by atoms with Gasteiger partial charge in [0, 0.05) is 0 Å². The van der Waals surface area contributed by atoms with E-state index in [0.717, 1.165) is 6.42 Å². The predicted octanol–water partition coefficient (Wildman–Crippen LogP) is 9.24. The molecule has 1 heteroatoms. The van der Waals surface area contributed by atoms with Crippen molar-refractivity contribution in [3.05, 3.63) is 150 Å². The van der Waals surface area contributed by atoms with Gasteiger partial charge in [0.05, 0.1) is 0 Å². The normalized spacial score (nSPS) is 12.4. The second-order valence-electron chi connectivity index (χ2n) is 9.89. The maximum atomic E-state index is 3.16. The fourth-order valence-electron chi connectivity index (χ4n) is 4.20. The molecule has 0 heterocycles. The fourth-order valence-corrected chi connectivity index (χ4v) is 5.02. The number of allylic oxidation sites excluding steroid dienone is 4. The largest absolute Gasteiger partial charge is 0.126 e. The maximum Gasteiger partial charge on any atom is -0.0771 e. The Hall–Kier alpha value is -3.02. The zero-order valence-electron chi connectivity index (χ0n) is 21.3. The summed E-state index contributed by atoms with van der Waals surface area (Å²) < 4.78 is 1.42. The monoisotopic (exact) mass is 542 g/mol. The topological polar surface area (TPSA) is 0 Å². The van der Waals surface area contributed by atoms with Gasteiger partial charge in [0.2, 0.25) is 0 Å². The third-order valence-corrected chi connectivity index (χ3v) is 7.63. The standard InChI is InChI=1S/C13H9.C13H10.C9H13.Zr/c1-3-7-12-10(5-1)9-11-6-2-4-8-13(11)12;1-3-7-12(8-4-1)11-13-9-5-2-6-10-13;1-9(2,3)8-6-4-5-7-8;/h1-9H;1-10H;6-7H,4H2,1-3H3;/q-1;;-1;+2. The molecule has 0 aliphatic heterocycles. The molecule has 0 aromatic heterocycles. The van der Waals surface area contributed by atoms with E-state index in [1.165, 1.54) is 65.7 Å². The van der Waals surface area contributed by atoms with Crippen LogP contribution in [0.15, 0.2) is 133 Å². The molecule has 0 fully saturated rings. The smallest absolute Gasteiger partial charge is 0.0771 e. The van der Waals surface area contributed by atoms with Crippen LogP contribution < -0.4 is 0 Å². The van der Waals surface area contributed by atoms with Gasteiger partial charge in [-0.15, -0.1) is 46.2 Å². The van der Waals surface area contributed by atoms with Crippen LogP contribution in [0.1, 0.15) is 38.3 Å². The van der Waals surface area contributed by atoms with E-state index in [4.69, 9.17) is 0 Å². The molecule has 0 unspecified atom stereocenters. The number of benzene rings is 4. The Labute approximate surface area is 230 Å². The molecular formula is C35H32Zr. The Bertz CT molecular complexity index is 1380. The summed E-state index contributed by atoms with van der Waals surface area (Å²) in [7, 11) is 0. The Morgan fingerprint density at radius 3 is 1.50 bits per heavy atom. The average molecular weight is 544 g/mol. The first-order valence-corrected chi connectivity index (χ1v) is 13.7. The fraction of sp³-hybridized carbons (Fsp3) is 0.143. The van der Waals surface area contributed by atoms with E-state index in [9.17, 15) is 0 Å². The number of rotatable bonds is 2. The van der Waals surface area contributed by atoms with Gasteiger partial charge in [-0.05, 0) is 0 Å². The minimum absolute atomic E-state index is 0.323. The van der Waals surface area contributed by atoms with Gasteiger partial charge in [-0.3, -0.25) is 6.08 Å². The van der Waals surface area contributed by atoms with Crippen LogP contribution in [0.4, 0.5) is 0 Å². The summed E-state index contributed by atoms with van der Waals surface area (Å²) in [4.78, 5) is 0. The van der Waals surface area contributed by atoms with Crippen molar-refractivity contribution in [2.24, 2.45) is 5.41 Å². The first kappa shape index (κ1) is 26.1. The van der Waals surface area contributed by atoms with E-state index >= 15 is 0 Å². The average Bonchev–Trinajstić information content (AvgIpc) is 3.59. The molecule has 1 aliphatic rings. The molecule has 0 spiro atoms. The third kappa shape index (κ3) is 6.80. The van der Waals surface area contributed by atoms with Gasteiger partial charge in [-0.2, -0.15) is 11.6 Å². The molecule has 0 bridgehead atoms. The van der Waals surface area contributed by atoms with E-state index in [1.54, 1.807) is 0 Å². The Balaban J connectivity index is 0.000000130. The van der Waals surface area contributed by atoms with E-state index in [2.05, 4.69) is 154 Å². The molecule has 5 aromatic rings. The molecular weight excluding hydrogens is 512 g/mol. The van der Waals surface area contributed by atoms with Gasteiger partial charge in [0.15, 0.2) is 0 Å². The van der Waals surface area contributed by atoms with Crippen LogP contribution in [-0.4, -0.2) is 3.21 Å². The molecule has 0 nitrogen and oxygen atoms in total. The van der Waals surface area contributed by atoms with Crippen molar-refractivity contribution < 1.29 is 24.2 Å². The summed E-state index contributed by atoms with van der Waals surface area (Å²) in [6.07, 6.45) is 8.50. The van der Waals surface area contributed by atoms with Crippen molar-refractivity contribution in [1.29, 1.82) is 0 Å². The number of fused-ring (bicyclic) bond motifs is 3. The second kappa shape index (κ2) is 12.3. The van der Waals surface area contributed by atoms with Gasteiger partial charge in [0.25, 0.3) is 0 Å². The Morgan fingerprint density at radius 2 is 1.11 bits per heavy atom. The molecule has 0 saturated carbocycles.